The van der Waals surface area contributed by atoms with Crippen LogP contribution in [-0.2, 0) is 14.3 Å². The number of nitrogens with one attached hydrogen (secondary N) is 1. The second-order valence-corrected chi connectivity index (χ2v) is 16.9. The number of aliphatic hydroxyl groups is 2. The van der Waals surface area contributed by atoms with E-state index in [4.69, 9.17) is 4.74 Å². The van der Waals surface area contributed by atoms with Gasteiger partial charge in [-0.05, 0) is 44.9 Å². The van der Waals surface area contributed by atoms with Crippen LogP contribution in [0.2, 0.25) is 0 Å². The van der Waals surface area contributed by atoms with Gasteiger partial charge in [-0.3, -0.25) is 9.59 Å². The molecule has 57 heavy (non-hydrogen) atoms. The van der Waals surface area contributed by atoms with E-state index in [9.17, 15) is 19.8 Å². The van der Waals surface area contributed by atoms with E-state index in [1.165, 1.54) is 141 Å². The Balaban J connectivity index is 4.36. The van der Waals surface area contributed by atoms with E-state index in [1.54, 1.807) is 0 Å². The maximum Gasteiger partial charge on any atom is 0.306 e. The first-order valence-electron chi connectivity index (χ1n) is 24.7. The molecule has 0 aromatic rings. The Hall–Kier alpha value is -1.92. The molecule has 0 aliphatic carbocycles. The minimum absolute atomic E-state index is 0.0746. The normalized spacial score (nSPS) is 13.6. The molecular formula is C51H95NO5. The van der Waals surface area contributed by atoms with Crippen molar-refractivity contribution in [2.75, 3.05) is 6.61 Å². The molecule has 0 heterocycles. The molecule has 0 aliphatic rings. The smallest absolute Gasteiger partial charge is 0.306 e. The number of aliphatic hydroxyl groups excluding tert-OH is 2. The number of unbranched alkanes of at least 4 members (excludes halogenated alkanes) is 28. The fourth-order valence-electron chi connectivity index (χ4n) is 7.55. The quantitative estimate of drug-likeness (QED) is 0.0324. The number of ether oxygens (including phenoxy) is 1. The van der Waals surface area contributed by atoms with Crippen molar-refractivity contribution in [2.24, 2.45) is 0 Å². The monoisotopic (exact) mass is 802 g/mol. The zero-order chi connectivity index (χ0) is 41.7. The lowest BCUT2D eigenvalue weighted by Gasteiger charge is -2.24. The number of hydrogen-bond donors (Lipinski definition) is 3. The Morgan fingerprint density at radius 1 is 0.526 bits per heavy atom. The molecule has 0 saturated heterocycles. The van der Waals surface area contributed by atoms with Crippen molar-refractivity contribution in [2.45, 2.75) is 270 Å². The number of esters is 1. The highest BCUT2D eigenvalue weighted by molar-refractivity contribution is 5.77. The van der Waals surface area contributed by atoms with Gasteiger partial charge in [0.15, 0.2) is 0 Å². The lowest BCUT2D eigenvalue weighted by molar-refractivity contribution is -0.151. The van der Waals surface area contributed by atoms with Gasteiger partial charge in [-0.2, -0.15) is 0 Å². The molecule has 3 unspecified atom stereocenters. The van der Waals surface area contributed by atoms with Crippen LogP contribution in [0.4, 0.5) is 0 Å². The van der Waals surface area contributed by atoms with Crippen molar-refractivity contribution in [1.29, 1.82) is 0 Å². The van der Waals surface area contributed by atoms with Crippen LogP contribution < -0.4 is 5.32 Å². The third-order valence-electron chi connectivity index (χ3n) is 11.3. The Morgan fingerprint density at radius 2 is 0.947 bits per heavy atom. The van der Waals surface area contributed by atoms with Gasteiger partial charge in [-0.25, -0.2) is 0 Å². The van der Waals surface area contributed by atoms with Gasteiger partial charge in [0.05, 0.1) is 25.2 Å². The van der Waals surface area contributed by atoms with Gasteiger partial charge in [0.1, 0.15) is 6.10 Å². The SMILES string of the molecule is CC/C=C/C=C/C=C/CCCCCCCCCC(=O)OC(CCCCCCCCC)CC(=O)NC(CO)C(O)CCCCCCCCCCCCCCCCCC. The molecule has 0 radical (unpaired) electrons. The van der Waals surface area contributed by atoms with Gasteiger partial charge >= 0.3 is 5.97 Å². The molecule has 3 N–H and O–H groups in total. The lowest BCUT2D eigenvalue weighted by atomic mass is 10.0. The van der Waals surface area contributed by atoms with Crippen LogP contribution in [-0.4, -0.2) is 46.9 Å². The molecule has 0 aliphatic heterocycles. The van der Waals surface area contributed by atoms with Crippen molar-refractivity contribution in [3.8, 4) is 0 Å². The second kappa shape index (κ2) is 45.2. The summed E-state index contributed by atoms with van der Waals surface area (Å²) in [5.41, 5.74) is 0. The summed E-state index contributed by atoms with van der Waals surface area (Å²) in [6, 6.07) is -0.699. The number of allylic oxidation sites excluding steroid dienone is 6. The summed E-state index contributed by atoms with van der Waals surface area (Å²) in [4.78, 5) is 26.0. The largest absolute Gasteiger partial charge is 0.462 e. The number of rotatable bonds is 44. The van der Waals surface area contributed by atoms with Gasteiger partial charge in [-0.1, -0.05) is 231 Å². The zero-order valence-electron chi connectivity index (χ0n) is 38.0. The highest BCUT2D eigenvalue weighted by Gasteiger charge is 2.24. The number of amides is 1. The van der Waals surface area contributed by atoms with E-state index in [-0.39, 0.29) is 24.9 Å². The number of carbonyl (C=O) groups is 2. The van der Waals surface area contributed by atoms with Crippen LogP contribution >= 0.6 is 0 Å². The lowest BCUT2D eigenvalue weighted by Crippen LogP contribution is -2.46. The fourth-order valence-corrected chi connectivity index (χ4v) is 7.55. The van der Waals surface area contributed by atoms with Gasteiger partial charge < -0.3 is 20.3 Å². The van der Waals surface area contributed by atoms with Crippen molar-refractivity contribution < 1.29 is 24.5 Å². The Bertz CT molecular complexity index is 946. The molecule has 0 saturated carbocycles. The van der Waals surface area contributed by atoms with E-state index in [0.717, 1.165) is 64.2 Å². The maximum absolute atomic E-state index is 13.1. The summed E-state index contributed by atoms with van der Waals surface area (Å²) >= 11 is 0. The maximum atomic E-state index is 13.1. The minimum Gasteiger partial charge on any atom is -0.462 e. The van der Waals surface area contributed by atoms with Gasteiger partial charge in [-0.15, -0.1) is 0 Å². The average molecular weight is 802 g/mol. The number of hydrogen-bond acceptors (Lipinski definition) is 5. The number of carbonyl (C=O) groups excluding carboxylic acids is 2. The molecule has 0 aromatic carbocycles. The van der Waals surface area contributed by atoms with Crippen molar-refractivity contribution in [3.63, 3.8) is 0 Å². The van der Waals surface area contributed by atoms with Crippen LogP contribution in [0, 0.1) is 0 Å². The van der Waals surface area contributed by atoms with Crippen LogP contribution in [0.5, 0.6) is 0 Å². The first-order chi connectivity index (χ1) is 28.0. The molecule has 0 rings (SSSR count). The summed E-state index contributed by atoms with van der Waals surface area (Å²) in [7, 11) is 0. The molecule has 0 fully saturated rings. The van der Waals surface area contributed by atoms with Crippen LogP contribution in [0.3, 0.4) is 0 Å². The summed E-state index contributed by atoms with van der Waals surface area (Å²) in [5.74, 6) is -0.485. The average Bonchev–Trinajstić information content (AvgIpc) is 3.20. The van der Waals surface area contributed by atoms with Crippen LogP contribution in [0.15, 0.2) is 36.5 Å². The highest BCUT2D eigenvalue weighted by Crippen LogP contribution is 2.18. The molecule has 0 bridgehead atoms. The molecule has 0 spiro atoms. The zero-order valence-corrected chi connectivity index (χ0v) is 38.0. The second-order valence-electron chi connectivity index (χ2n) is 16.9. The predicted octanol–water partition coefficient (Wildman–Crippen LogP) is 14.5. The van der Waals surface area contributed by atoms with E-state index >= 15 is 0 Å². The molecule has 0 aromatic heterocycles. The third kappa shape index (κ3) is 40.6. The predicted molar refractivity (Wildman–Crippen MR) is 246 cm³/mol. The van der Waals surface area contributed by atoms with E-state index in [0.29, 0.717) is 19.3 Å². The van der Waals surface area contributed by atoms with E-state index in [1.807, 2.05) is 0 Å². The third-order valence-corrected chi connectivity index (χ3v) is 11.3. The van der Waals surface area contributed by atoms with Crippen LogP contribution in [0.1, 0.15) is 252 Å². The standard InChI is InChI=1S/C51H95NO5/c1-4-7-10-13-16-18-20-22-24-26-27-29-31-34-37-40-43-49(54)48(46-53)52-50(55)45-47(42-39-36-33-15-12-9-6-3)57-51(56)44-41-38-35-32-30-28-25-23-21-19-17-14-11-8-5-2/h8,11,14,17,19,21,47-49,53-54H,4-7,9-10,12-13,15-16,18,20,22-46H2,1-3H3,(H,52,55)/b11-8+,17-14+,21-19+. The molecule has 3 atom stereocenters. The van der Waals surface area contributed by atoms with Crippen molar-refractivity contribution >= 4 is 11.9 Å². The summed E-state index contributed by atoms with van der Waals surface area (Å²) in [6.45, 7) is 6.33. The molecule has 6 heteroatoms. The van der Waals surface area contributed by atoms with Crippen LogP contribution in [0.25, 0.3) is 0 Å². The van der Waals surface area contributed by atoms with E-state index in [2.05, 4.69) is 62.5 Å². The van der Waals surface area contributed by atoms with Gasteiger partial charge in [0.2, 0.25) is 5.91 Å². The minimum atomic E-state index is -0.785. The summed E-state index contributed by atoms with van der Waals surface area (Å²) in [6.07, 6.45) is 52.2. The van der Waals surface area contributed by atoms with Gasteiger partial charge in [0, 0.05) is 6.42 Å². The molecule has 6 nitrogen and oxygen atoms in total. The Morgan fingerprint density at radius 3 is 1.42 bits per heavy atom. The van der Waals surface area contributed by atoms with Crippen molar-refractivity contribution in [3.05, 3.63) is 36.5 Å². The van der Waals surface area contributed by atoms with Gasteiger partial charge in [0.25, 0.3) is 0 Å². The Labute approximate surface area is 353 Å². The van der Waals surface area contributed by atoms with E-state index < -0.39 is 18.2 Å². The molecular weight excluding hydrogens is 707 g/mol. The molecule has 1 amide bonds. The van der Waals surface area contributed by atoms with Crippen molar-refractivity contribution in [1.82, 2.24) is 5.32 Å². The summed E-state index contributed by atoms with van der Waals surface area (Å²) < 4.78 is 5.89. The molecule has 334 valence electrons. The first-order valence-corrected chi connectivity index (χ1v) is 24.7. The summed E-state index contributed by atoms with van der Waals surface area (Å²) in [5, 5.41) is 23.7. The topological polar surface area (TPSA) is 95.9 Å². The Kier molecular flexibility index (Phi) is 43.6. The fraction of sp³-hybridized carbons (Fsp3) is 0.843. The highest BCUT2D eigenvalue weighted by atomic mass is 16.5. The first kappa shape index (κ1) is 55.1.